The molecule has 1 amide bonds. The smallest absolute Gasteiger partial charge is 0.231 e. The molecule has 0 bridgehead atoms. The molecule has 0 radical (unpaired) electrons. The highest BCUT2D eigenvalue weighted by molar-refractivity contribution is 6.07. The Hall–Kier alpha value is -1.64. The SMILES string of the molecule is Cc1cc2c(cc1C)C1CC3=NCCCC3C(=O)N1CC2. The van der Waals surface area contributed by atoms with E-state index in [-0.39, 0.29) is 12.0 Å². The van der Waals surface area contributed by atoms with Crippen molar-refractivity contribution in [2.24, 2.45) is 10.9 Å². The molecule has 3 heteroatoms. The van der Waals surface area contributed by atoms with E-state index in [1.807, 2.05) is 0 Å². The zero-order chi connectivity index (χ0) is 14.6. The molecular weight excluding hydrogens is 260 g/mol. The fourth-order valence-corrected chi connectivity index (χ4v) is 4.14. The molecule has 0 N–H and O–H groups in total. The Bertz CT molecular complexity index is 647. The predicted octanol–water partition coefficient (Wildman–Crippen LogP) is 2.98. The first-order valence-corrected chi connectivity index (χ1v) is 8.09. The van der Waals surface area contributed by atoms with Crippen LogP contribution >= 0.6 is 0 Å². The maximum absolute atomic E-state index is 12.8. The maximum Gasteiger partial charge on any atom is 0.231 e. The van der Waals surface area contributed by atoms with Crippen LogP contribution in [0.15, 0.2) is 17.1 Å². The number of aliphatic imine (C=N–C) groups is 1. The Morgan fingerprint density at radius 2 is 2.05 bits per heavy atom. The molecule has 2 unspecified atom stereocenters. The lowest BCUT2D eigenvalue weighted by atomic mass is 9.78. The van der Waals surface area contributed by atoms with Gasteiger partial charge in [-0.1, -0.05) is 12.1 Å². The third-order valence-corrected chi connectivity index (χ3v) is 5.46. The van der Waals surface area contributed by atoms with Gasteiger partial charge in [0.2, 0.25) is 5.91 Å². The van der Waals surface area contributed by atoms with Crippen LogP contribution in [0.3, 0.4) is 0 Å². The molecule has 2 atom stereocenters. The van der Waals surface area contributed by atoms with Gasteiger partial charge in [0, 0.05) is 25.2 Å². The Kier molecular flexibility index (Phi) is 2.91. The van der Waals surface area contributed by atoms with Crippen LogP contribution in [0.25, 0.3) is 0 Å². The second-order valence-electron chi connectivity index (χ2n) is 6.70. The van der Waals surface area contributed by atoms with Crippen molar-refractivity contribution in [1.82, 2.24) is 4.90 Å². The molecule has 1 aromatic carbocycles. The number of carbonyl (C=O) groups is 1. The van der Waals surface area contributed by atoms with Gasteiger partial charge in [-0.15, -0.1) is 0 Å². The fourth-order valence-electron chi connectivity index (χ4n) is 4.14. The number of fused-ring (bicyclic) bond motifs is 4. The summed E-state index contributed by atoms with van der Waals surface area (Å²) in [4.78, 5) is 19.6. The first-order chi connectivity index (χ1) is 10.1. The molecule has 0 spiro atoms. The lowest BCUT2D eigenvalue weighted by Crippen LogP contribution is -2.51. The van der Waals surface area contributed by atoms with Crippen LogP contribution in [0, 0.1) is 19.8 Å². The normalized spacial score (nSPS) is 27.6. The van der Waals surface area contributed by atoms with Gasteiger partial charge < -0.3 is 4.90 Å². The van der Waals surface area contributed by atoms with E-state index in [1.54, 1.807) is 0 Å². The van der Waals surface area contributed by atoms with E-state index in [1.165, 1.54) is 28.0 Å². The number of amides is 1. The molecule has 110 valence electrons. The summed E-state index contributed by atoms with van der Waals surface area (Å²) in [5.74, 6) is 0.414. The molecule has 21 heavy (non-hydrogen) atoms. The zero-order valence-electron chi connectivity index (χ0n) is 12.9. The van der Waals surface area contributed by atoms with E-state index >= 15 is 0 Å². The molecule has 3 nitrogen and oxygen atoms in total. The quantitative estimate of drug-likeness (QED) is 0.720. The highest BCUT2D eigenvalue weighted by Crippen LogP contribution is 2.40. The summed E-state index contributed by atoms with van der Waals surface area (Å²) in [6, 6.07) is 4.85. The molecule has 1 aromatic rings. The average molecular weight is 282 g/mol. The third-order valence-electron chi connectivity index (χ3n) is 5.46. The second-order valence-corrected chi connectivity index (χ2v) is 6.70. The number of nitrogens with zero attached hydrogens (tertiary/aromatic N) is 2. The van der Waals surface area contributed by atoms with E-state index in [2.05, 4.69) is 35.9 Å². The van der Waals surface area contributed by atoms with Crippen molar-refractivity contribution in [3.63, 3.8) is 0 Å². The van der Waals surface area contributed by atoms with Crippen LogP contribution in [0.5, 0.6) is 0 Å². The minimum Gasteiger partial charge on any atom is -0.334 e. The van der Waals surface area contributed by atoms with E-state index in [4.69, 9.17) is 0 Å². The van der Waals surface area contributed by atoms with Crippen molar-refractivity contribution in [3.8, 4) is 0 Å². The van der Waals surface area contributed by atoms with Gasteiger partial charge >= 0.3 is 0 Å². The minimum absolute atomic E-state index is 0.0862. The van der Waals surface area contributed by atoms with E-state index in [9.17, 15) is 4.79 Å². The van der Waals surface area contributed by atoms with Crippen molar-refractivity contribution >= 4 is 11.6 Å². The molecule has 4 rings (SSSR count). The number of aryl methyl sites for hydroxylation is 2. The van der Waals surface area contributed by atoms with Gasteiger partial charge in [-0.3, -0.25) is 9.79 Å². The van der Waals surface area contributed by atoms with Crippen LogP contribution in [0.2, 0.25) is 0 Å². The summed E-state index contributed by atoms with van der Waals surface area (Å²) in [5.41, 5.74) is 6.65. The monoisotopic (exact) mass is 282 g/mol. The molecule has 0 aliphatic carbocycles. The summed E-state index contributed by atoms with van der Waals surface area (Å²) in [5, 5.41) is 0. The van der Waals surface area contributed by atoms with Crippen LogP contribution < -0.4 is 0 Å². The molecule has 3 aliphatic rings. The number of benzene rings is 1. The lowest BCUT2D eigenvalue weighted by molar-refractivity contribution is -0.138. The first kappa shape index (κ1) is 13.1. The number of piperidine rings is 1. The molecule has 1 fully saturated rings. The van der Waals surface area contributed by atoms with E-state index < -0.39 is 0 Å². The highest BCUT2D eigenvalue weighted by atomic mass is 16.2. The molecule has 3 heterocycles. The largest absolute Gasteiger partial charge is 0.334 e. The molecule has 0 aromatic heterocycles. The highest BCUT2D eigenvalue weighted by Gasteiger charge is 2.42. The number of hydrogen-bond acceptors (Lipinski definition) is 2. The number of carbonyl (C=O) groups excluding carboxylic acids is 1. The van der Waals surface area contributed by atoms with Crippen LogP contribution in [-0.4, -0.2) is 29.6 Å². The van der Waals surface area contributed by atoms with Crippen molar-refractivity contribution < 1.29 is 4.79 Å². The Labute approximate surface area is 126 Å². The molecule has 1 saturated heterocycles. The van der Waals surface area contributed by atoms with Gasteiger partial charge in [0.1, 0.15) is 0 Å². The van der Waals surface area contributed by atoms with Gasteiger partial charge in [-0.2, -0.15) is 0 Å². The number of rotatable bonds is 0. The topological polar surface area (TPSA) is 32.7 Å². The number of hydrogen-bond donors (Lipinski definition) is 0. The van der Waals surface area contributed by atoms with E-state index in [0.717, 1.165) is 38.8 Å². The first-order valence-electron chi connectivity index (χ1n) is 8.09. The van der Waals surface area contributed by atoms with Crippen molar-refractivity contribution in [3.05, 3.63) is 34.4 Å². The third kappa shape index (κ3) is 1.94. The summed E-state index contributed by atoms with van der Waals surface area (Å²) < 4.78 is 0. The Morgan fingerprint density at radius 3 is 2.90 bits per heavy atom. The Morgan fingerprint density at radius 1 is 1.24 bits per heavy atom. The zero-order valence-corrected chi connectivity index (χ0v) is 12.9. The summed E-state index contributed by atoms with van der Waals surface area (Å²) >= 11 is 0. The summed E-state index contributed by atoms with van der Waals surface area (Å²) in [6.45, 7) is 6.13. The van der Waals surface area contributed by atoms with Crippen molar-refractivity contribution in [2.75, 3.05) is 13.1 Å². The molecule has 3 aliphatic heterocycles. The lowest BCUT2D eigenvalue weighted by Gasteiger charge is -2.45. The van der Waals surface area contributed by atoms with Gasteiger partial charge in [0.15, 0.2) is 0 Å². The van der Waals surface area contributed by atoms with Crippen LogP contribution in [0.1, 0.15) is 47.6 Å². The summed E-state index contributed by atoms with van der Waals surface area (Å²) in [7, 11) is 0. The van der Waals surface area contributed by atoms with E-state index in [0.29, 0.717) is 5.91 Å². The van der Waals surface area contributed by atoms with Gasteiger partial charge in [-0.25, -0.2) is 0 Å². The molecular formula is C18H22N2O. The maximum atomic E-state index is 12.8. The van der Waals surface area contributed by atoms with Gasteiger partial charge in [-0.05, 0) is 55.4 Å². The molecule has 0 saturated carbocycles. The fraction of sp³-hybridized carbons (Fsp3) is 0.556. The van der Waals surface area contributed by atoms with Gasteiger partial charge in [0.25, 0.3) is 0 Å². The summed E-state index contributed by atoms with van der Waals surface area (Å²) in [6.07, 6.45) is 4.01. The van der Waals surface area contributed by atoms with Crippen LogP contribution in [0.4, 0.5) is 0 Å². The average Bonchev–Trinajstić information content (AvgIpc) is 2.49. The van der Waals surface area contributed by atoms with Crippen molar-refractivity contribution in [2.45, 2.75) is 45.6 Å². The predicted molar refractivity (Wildman–Crippen MR) is 83.7 cm³/mol. The minimum atomic E-state index is 0.0862. The van der Waals surface area contributed by atoms with Crippen molar-refractivity contribution in [1.29, 1.82) is 0 Å². The standard InChI is InChI=1S/C18H22N2O/c1-11-8-13-5-7-20-17(15(13)9-12(11)2)10-16-14(18(20)21)4-3-6-19-16/h8-9,14,17H,3-7,10H2,1-2H3. The second kappa shape index (κ2) is 4.69. The Balaban J connectivity index is 1.78. The van der Waals surface area contributed by atoms with Crippen LogP contribution in [-0.2, 0) is 11.2 Å². The van der Waals surface area contributed by atoms with Gasteiger partial charge in [0.05, 0.1) is 12.0 Å².